The molecule has 0 aliphatic rings. The number of ether oxygens (including phenoxy) is 2. The minimum atomic E-state index is -0.313. The summed E-state index contributed by atoms with van der Waals surface area (Å²) in [5.74, 6) is 4.23. The third kappa shape index (κ3) is 4.61. The summed E-state index contributed by atoms with van der Waals surface area (Å²) in [6.45, 7) is 2.46. The molecular weight excluding hydrogens is 522 g/mol. The van der Waals surface area contributed by atoms with Crippen molar-refractivity contribution in [3.8, 4) is 35.4 Å². The van der Waals surface area contributed by atoms with Crippen LogP contribution < -0.4 is 15.0 Å². The van der Waals surface area contributed by atoms with Gasteiger partial charge in [-0.2, -0.15) is 9.78 Å². The molecule has 178 valence electrons. The number of hydrogen-bond acceptors (Lipinski definition) is 6. The first-order valence-corrected chi connectivity index (χ1v) is 12.0. The van der Waals surface area contributed by atoms with Gasteiger partial charge in [-0.25, -0.2) is 4.98 Å². The summed E-state index contributed by atoms with van der Waals surface area (Å²) in [5.41, 5.74) is 1.62. The van der Waals surface area contributed by atoms with Gasteiger partial charge in [-0.3, -0.25) is 4.79 Å². The fraction of sp³-hybridized carbons (Fsp3) is 0.107. The molecule has 0 saturated heterocycles. The second-order valence-electron chi connectivity index (χ2n) is 7.74. The van der Waals surface area contributed by atoms with Crippen LogP contribution in [0.15, 0.2) is 85.5 Å². The fourth-order valence-electron chi connectivity index (χ4n) is 3.75. The Morgan fingerprint density at radius 3 is 2.81 bits per heavy atom. The van der Waals surface area contributed by atoms with Crippen molar-refractivity contribution in [2.45, 2.75) is 6.92 Å². The first-order chi connectivity index (χ1) is 17.6. The van der Waals surface area contributed by atoms with Gasteiger partial charge in [-0.15, -0.1) is 6.42 Å². The standard InChI is InChI=1S/C28H20BrN3O4/c1-3-13-35-24-11-9-18(14-25(24)34-4-2)17-30-32-27(31-22-8-6-5-7-21(22)28(32)33)26-16-19-15-20(29)10-12-23(19)36-26/h1,5-12,14-17H,4,13H2,2H3. The van der Waals surface area contributed by atoms with Gasteiger partial charge in [-0.1, -0.05) is 34.0 Å². The van der Waals surface area contributed by atoms with E-state index in [2.05, 4.69) is 27.0 Å². The van der Waals surface area contributed by atoms with Crippen molar-refractivity contribution in [1.29, 1.82) is 0 Å². The smallest absolute Gasteiger partial charge is 0.282 e. The third-order valence-electron chi connectivity index (χ3n) is 5.35. The van der Waals surface area contributed by atoms with Crippen molar-refractivity contribution >= 4 is 44.0 Å². The highest BCUT2D eigenvalue weighted by Crippen LogP contribution is 2.30. The summed E-state index contributed by atoms with van der Waals surface area (Å²) in [5, 5.41) is 5.83. The zero-order chi connectivity index (χ0) is 25.1. The van der Waals surface area contributed by atoms with E-state index in [1.54, 1.807) is 42.6 Å². The van der Waals surface area contributed by atoms with Gasteiger partial charge >= 0.3 is 0 Å². The lowest BCUT2D eigenvalue weighted by Crippen LogP contribution is -2.20. The molecule has 0 unspecified atom stereocenters. The number of hydrogen-bond donors (Lipinski definition) is 0. The van der Waals surface area contributed by atoms with Crippen molar-refractivity contribution in [3.05, 3.63) is 87.1 Å². The van der Waals surface area contributed by atoms with Gasteiger partial charge in [0.1, 0.15) is 12.2 Å². The minimum absolute atomic E-state index is 0.128. The normalized spacial score (nSPS) is 11.2. The lowest BCUT2D eigenvalue weighted by molar-refractivity contribution is 0.299. The molecular formula is C28H20BrN3O4. The maximum atomic E-state index is 13.5. The molecule has 0 aliphatic carbocycles. The van der Waals surface area contributed by atoms with Gasteiger partial charge in [-0.05, 0) is 67.1 Å². The summed E-state index contributed by atoms with van der Waals surface area (Å²) in [6, 6.07) is 20.0. The minimum Gasteiger partial charge on any atom is -0.490 e. The Morgan fingerprint density at radius 2 is 1.97 bits per heavy atom. The van der Waals surface area contributed by atoms with Gasteiger partial charge in [0, 0.05) is 9.86 Å². The number of fused-ring (bicyclic) bond motifs is 2. The van der Waals surface area contributed by atoms with Crippen LogP contribution in [0.4, 0.5) is 0 Å². The van der Waals surface area contributed by atoms with E-state index in [0.717, 1.165) is 9.86 Å². The average molecular weight is 542 g/mol. The van der Waals surface area contributed by atoms with Gasteiger partial charge in [0.05, 0.1) is 23.7 Å². The van der Waals surface area contributed by atoms with Crippen LogP contribution in [0.1, 0.15) is 12.5 Å². The summed E-state index contributed by atoms with van der Waals surface area (Å²) in [4.78, 5) is 18.2. The molecule has 2 aromatic heterocycles. The summed E-state index contributed by atoms with van der Waals surface area (Å²) in [6.07, 6.45) is 6.87. The second-order valence-corrected chi connectivity index (χ2v) is 8.65. The van der Waals surface area contributed by atoms with Crippen LogP contribution in [-0.2, 0) is 0 Å². The average Bonchev–Trinajstić information content (AvgIpc) is 3.31. The van der Waals surface area contributed by atoms with E-state index in [0.29, 0.717) is 51.7 Å². The van der Waals surface area contributed by atoms with Crippen LogP contribution in [0, 0.1) is 12.3 Å². The quantitative estimate of drug-likeness (QED) is 0.190. The Balaban J connectivity index is 1.63. The van der Waals surface area contributed by atoms with Crippen molar-refractivity contribution in [2.75, 3.05) is 13.2 Å². The van der Waals surface area contributed by atoms with Crippen LogP contribution >= 0.6 is 15.9 Å². The van der Waals surface area contributed by atoms with E-state index in [1.165, 1.54) is 4.68 Å². The lowest BCUT2D eigenvalue weighted by Gasteiger charge is -2.11. The number of aromatic nitrogens is 2. The van der Waals surface area contributed by atoms with E-state index in [1.807, 2.05) is 37.3 Å². The molecule has 0 amide bonds. The van der Waals surface area contributed by atoms with E-state index < -0.39 is 0 Å². The van der Waals surface area contributed by atoms with Crippen LogP contribution in [0.25, 0.3) is 33.5 Å². The maximum Gasteiger partial charge on any atom is 0.282 e. The van der Waals surface area contributed by atoms with Crippen LogP contribution in [-0.4, -0.2) is 29.1 Å². The van der Waals surface area contributed by atoms with E-state index >= 15 is 0 Å². The molecule has 0 N–H and O–H groups in total. The Morgan fingerprint density at radius 1 is 1.11 bits per heavy atom. The van der Waals surface area contributed by atoms with Crippen LogP contribution in [0.2, 0.25) is 0 Å². The number of benzene rings is 3. The first kappa shape index (κ1) is 23.4. The summed E-state index contributed by atoms with van der Waals surface area (Å²) in [7, 11) is 0. The number of halogens is 1. The second kappa shape index (κ2) is 10.1. The zero-order valence-corrected chi connectivity index (χ0v) is 20.9. The topological polar surface area (TPSA) is 78.9 Å². The molecule has 0 atom stereocenters. The molecule has 5 rings (SSSR count). The van der Waals surface area contributed by atoms with Crippen LogP contribution in [0.5, 0.6) is 11.5 Å². The van der Waals surface area contributed by atoms with E-state index in [9.17, 15) is 4.79 Å². The predicted molar refractivity (Wildman–Crippen MR) is 144 cm³/mol. The van der Waals surface area contributed by atoms with Crippen molar-refractivity contribution in [1.82, 2.24) is 9.66 Å². The van der Waals surface area contributed by atoms with Gasteiger partial charge in [0.25, 0.3) is 5.56 Å². The van der Waals surface area contributed by atoms with Gasteiger partial charge in [0.2, 0.25) is 5.82 Å². The van der Waals surface area contributed by atoms with Crippen molar-refractivity contribution in [2.24, 2.45) is 5.10 Å². The molecule has 7 nitrogen and oxygen atoms in total. The highest BCUT2D eigenvalue weighted by molar-refractivity contribution is 9.10. The molecule has 8 heteroatoms. The molecule has 0 aliphatic heterocycles. The number of para-hydroxylation sites is 1. The van der Waals surface area contributed by atoms with Gasteiger partial charge < -0.3 is 13.9 Å². The molecule has 36 heavy (non-hydrogen) atoms. The number of rotatable bonds is 7. The van der Waals surface area contributed by atoms with Crippen molar-refractivity contribution in [3.63, 3.8) is 0 Å². The molecule has 2 heterocycles. The Kier molecular flexibility index (Phi) is 6.56. The summed E-state index contributed by atoms with van der Waals surface area (Å²) < 4.78 is 19.5. The third-order valence-corrected chi connectivity index (χ3v) is 5.85. The zero-order valence-electron chi connectivity index (χ0n) is 19.3. The SMILES string of the molecule is C#CCOc1ccc(C=Nn2c(-c3cc4cc(Br)ccc4o3)nc3ccccc3c2=O)cc1OCC. The summed E-state index contributed by atoms with van der Waals surface area (Å²) >= 11 is 3.48. The first-order valence-electron chi connectivity index (χ1n) is 11.2. The molecule has 3 aromatic carbocycles. The number of nitrogens with zero attached hydrogens (tertiary/aromatic N) is 3. The predicted octanol–water partition coefficient (Wildman–Crippen LogP) is 5.87. The molecule has 0 spiro atoms. The van der Waals surface area contributed by atoms with E-state index in [4.69, 9.17) is 25.3 Å². The lowest BCUT2D eigenvalue weighted by atomic mass is 10.2. The molecule has 0 saturated carbocycles. The Bertz CT molecular complexity index is 1710. The van der Waals surface area contributed by atoms with Gasteiger partial charge in [0.15, 0.2) is 17.3 Å². The largest absolute Gasteiger partial charge is 0.490 e. The fourth-order valence-corrected chi connectivity index (χ4v) is 4.13. The maximum absolute atomic E-state index is 13.5. The highest BCUT2D eigenvalue weighted by atomic mass is 79.9. The molecule has 0 bridgehead atoms. The molecule has 5 aromatic rings. The van der Waals surface area contributed by atoms with Crippen molar-refractivity contribution < 1.29 is 13.9 Å². The van der Waals surface area contributed by atoms with E-state index in [-0.39, 0.29) is 12.2 Å². The monoisotopic (exact) mass is 541 g/mol. The highest BCUT2D eigenvalue weighted by Gasteiger charge is 2.16. The molecule has 0 fully saturated rings. The number of terminal acetylenes is 1. The van der Waals surface area contributed by atoms with Crippen LogP contribution in [0.3, 0.4) is 0 Å². The molecule has 0 radical (unpaired) electrons. The number of furan rings is 1. The Hall–Kier alpha value is -4.35. The Labute approximate surface area is 215 Å².